The average molecular weight is 366 g/mol. The summed E-state index contributed by atoms with van der Waals surface area (Å²) in [6.07, 6.45) is 0.578. The highest BCUT2D eigenvalue weighted by atomic mass is 32.2. The van der Waals surface area contributed by atoms with E-state index in [1.807, 2.05) is 12.1 Å². The maximum Gasteiger partial charge on any atom is 0.251 e. The van der Waals surface area contributed by atoms with Crippen LogP contribution < -0.4 is 10.6 Å². The number of sulfone groups is 1. The second-order valence-electron chi connectivity index (χ2n) is 7.58. The van der Waals surface area contributed by atoms with Crippen LogP contribution in [0.2, 0.25) is 0 Å². The number of amides is 2. The summed E-state index contributed by atoms with van der Waals surface area (Å²) < 4.78 is 22.7. The Morgan fingerprint density at radius 2 is 1.76 bits per heavy atom. The molecule has 0 saturated carbocycles. The fraction of sp³-hybridized carbons (Fsp3) is 0.556. The molecule has 1 aliphatic heterocycles. The van der Waals surface area contributed by atoms with Gasteiger partial charge < -0.3 is 10.6 Å². The van der Waals surface area contributed by atoms with Gasteiger partial charge in [0.2, 0.25) is 5.91 Å². The number of hydrogen-bond donors (Lipinski definition) is 2. The normalized spacial score (nSPS) is 19.4. The second kappa shape index (κ2) is 7.56. The summed E-state index contributed by atoms with van der Waals surface area (Å²) in [6, 6.07) is 7.32. The summed E-state index contributed by atoms with van der Waals surface area (Å²) in [6.45, 7) is 6.50. The minimum Gasteiger partial charge on any atom is -0.354 e. The van der Waals surface area contributed by atoms with E-state index in [-0.39, 0.29) is 41.2 Å². The third-order valence-corrected chi connectivity index (χ3v) is 6.17. The standard InChI is InChI=1S/C18H26N2O4S/c1-18(2,3)15-6-4-14(5-7-15)17(22)20-11-16(21)19-10-13-8-9-25(23,24)12-13/h4-7,13H,8-12H2,1-3H3,(H,19,21)(H,20,22). The molecule has 25 heavy (non-hydrogen) atoms. The van der Waals surface area contributed by atoms with Gasteiger partial charge in [-0.1, -0.05) is 32.9 Å². The summed E-state index contributed by atoms with van der Waals surface area (Å²) in [5, 5.41) is 5.26. The van der Waals surface area contributed by atoms with Gasteiger partial charge in [0.1, 0.15) is 0 Å². The minimum absolute atomic E-state index is 0.0165. The number of rotatable bonds is 5. The molecule has 2 N–H and O–H groups in total. The first-order chi connectivity index (χ1) is 11.6. The fourth-order valence-corrected chi connectivity index (χ4v) is 4.60. The largest absolute Gasteiger partial charge is 0.354 e. The van der Waals surface area contributed by atoms with Gasteiger partial charge in [0.25, 0.3) is 5.91 Å². The fourth-order valence-electron chi connectivity index (χ4n) is 2.74. The Balaban J connectivity index is 1.76. The quantitative estimate of drug-likeness (QED) is 0.821. The van der Waals surface area contributed by atoms with Crippen LogP contribution >= 0.6 is 0 Å². The first kappa shape index (κ1) is 19.4. The molecule has 0 spiro atoms. The highest BCUT2D eigenvalue weighted by molar-refractivity contribution is 7.91. The Morgan fingerprint density at radius 3 is 2.28 bits per heavy atom. The third kappa shape index (κ3) is 5.85. The first-order valence-corrected chi connectivity index (χ1v) is 10.2. The second-order valence-corrected chi connectivity index (χ2v) is 9.81. The lowest BCUT2D eigenvalue weighted by Crippen LogP contribution is -2.39. The molecule has 1 saturated heterocycles. The summed E-state index contributed by atoms with van der Waals surface area (Å²) in [5.74, 6) is -0.341. The summed E-state index contributed by atoms with van der Waals surface area (Å²) in [7, 11) is -2.94. The molecule has 2 amide bonds. The van der Waals surface area contributed by atoms with E-state index in [4.69, 9.17) is 0 Å². The molecule has 1 aliphatic rings. The van der Waals surface area contributed by atoms with Gasteiger partial charge in [0.15, 0.2) is 9.84 Å². The number of benzene rings is 1. The molecule has 138 valence electrons. The van der Waals surface area contributed by atoms with E-state index in [1.165, 1.54) is 0 Å². The lowest BCUT2D eigenvalue weighted by atomic mass is 9.87. The molecule has 0 aliphatic carbocycles. The maximum atomic E-state index is 12.1. The van der Waals surface area contributed by atoms with Crippen molar-refractivity contribution in [3.05, 3.63) is 35.4 Å². The van der Waals surface area contributed by atoms with Gasteiger partial charge in [-0.05, 0) is 35.4 Å². The number of nitrogens with one attached hydrogen (secondary N) is 2. The van der Waals surface area contributed by atoms with Crippen molar-refractivity contribution in [2.45, 2.75) is 32.6 Å². The Kier molecular flexibility index (Phi) is 5.87. The van der Waals surface area contributed by atoms with Crippen LogP contribution in [0.5, 0.6) is 0 Å². The number of hydrogen-bond acceptors (Lipinski definition) is 4. The molecule has 1 fully saturated rings. The molecule has 6 nitrogen and oxygen atoms in total. The van der Waals surface area contributed by atoms with Gasteiger partial charge in [-0.15, -0.1) is 0 Å². The molecular weight excluding hydrogens is 340 g/mol. The highest BCUT2D eigenvalue weighted by Gasteiger charge is 2.27. The number of carbonyl (C=O) groups excluding carboxylic acids is 2. The summed E-state index contributed by atoms with van der Waals surface area (Å²) in [4.78, 5) is 23.9. The van der Waals surface area contributed by atoms with Crippen LogP contribution in [0.4, 0.5) is 0 Å². The molecule has 2 rings (SSSR count). The van der Waals surface area contributed by atoms with E-state index < -0.39 is 9.84 Å². The maximum absolute atomic E-state index is 12.1. The Labute approximate surface area is 149 Å². The molecule has 0 aromatic heterocycles. The molecule has 1 atom stereocenters. The highest BCUT2D eigenvalue weighted by Crippen LogP contribution is 2.22. The average Bonchev–Trinajstić information content (AvgIpc) is 2.89. The van der Waals surface area contributed by atoms with Crippen LogP contribution in [0.3, 0.4) is 0 Å². The van der Waals surface area contributed by atoms with Crippen molar-refractivity contribution in [3.8, 4) is 0 Å². The van der Waals surface area contributed by atoms with Gasteiger partial charge in [0.05, 0.1) is 18.1 Å². The van der Waals surface area contributed by atoms with Crippen molar-refractivity contribution in [2.24, 2.45) is 5.92 Å². The van der Waals surface area contributed by atoms with Gasteiger partial charge in [-0.25, -0.2) is 8.42 Å². The molecule has 0 bridgehead atoms. The molecule has 1 aromatic rings. The van der Waals surface area contributed by atoms with E-state index in [9.17, 15) is 18.0 Å². The van der Waals surface area contributed by atoms with Crippen LogP contribution in [-0.2, 0) is 20.0 Å². The lowest BCUT2D eigenvalue weighted by Gasteiger charge is -2.19. The Hall–Kier alpha value is -1.89. The zero-order chi connectivity index (χ0) is 18.7. The SMILES string of the molecule is CC(C)(C)c1ccc(C(=O)NCC(=O)NCC2CCS(=O)(=O)C2)cc1. The molecule has 0 radical (unpaired) electrons. The molecule has 7 heteroatoms. The zero-order valence-electron chi connectivity index (χ0n) is 15.0. The predicted molar refractivity (Wildman–Crippen MR) is 97.2 cm³/mol. The van der Waals surface area contributed by atoms with E-state index >= 15 is 0 Å². The van der Waals surface area contributed by atoms with Crippen LogP contribution in [0.25, 0.3) is 0 Å². The number of carbonyl (C=O) groups is 2. The van der Waals surface area contributed by atoms with Gasteiger partial charge in [0, 0.05) is 12.1 Å². The van der Waals surface area contributed by atoms with Gasteiger partial charge in [-0.2, -0.15) is 0 Å². The zero-order valence-corrected chi connectivity index (χ0v) is 15.8. The Morgan fingerprint density at radius 1 is 1.12 bits per heavy atom. The Bertz CT molecular complexity index is 733. The topological polar surface area (TPSA) is 92.3 Å². The van der Waals surface area contributed by atoms with Crippen molar-refractivity contribution in [2.75, 3.05) is 24.6 Å². The van der Waals surface area contributed by atoms with E-state index in [1.54, 1.807) is 12.1 Å². The molecule has 1 unspecified atom stereocenters. The van der Waals surface area contributed by atoms with Crippen molar-refractivity contribution in [1.82, 2.24) is 10.6 Å². The summed E-state index contributed by atoms with van der Waals surface area (Å²) >= 11 is 0. The summed E-state index contributed by atoms with van der Waals surface area (Å²) in [5.41, 5.74) is 1.65. The van der Waals surface area contributed by atoms with Crippen molar-refractivity contribution < 1.29 is 18.0 Å². The third-order valence-electron chi connectivity index (χ3n) is 4.34. The van der Waals surface area contributed by atoms with Crippen LogP contribution in [0, 0.1) is 5.92 Å². The van der Waals surface area contributed by atoms with Crippen molar-refractivity contribution >= 4 is 21.7 Å². The van der Waals surface area contributed by atoms with Gasteiger partial charge >= 0.3 is 0 Å². The first-order valence-electron chi connectivity index (χ1n) is 8.43. The van der Waals surface area contributed by atoms with Crippen LogP contribution in [-0.4, -0.2) is 44.8 Å². The molecular formula is C18H26N2O4S. The van der Waals surface area contributed by atoms with Crippen LogP contribution in [0.15, 0.2) is 24.3 Å². The van der Waals surface area contributed by atoms with Crippen molar-refractivity contribution in [1.29, 1.82) is 0 Å². The minimum atomic E-state index is -2.94. The van der Waals surface area contributed by atoms with Crippen molar-refractivity contribution in [3.63, 3.8) is 0 Å². The lowest BCUT2D eigenvalue weighted by molar-refractivity contribution is -0.120. The van der Waals surface area contributed by atoms with E-state index in [2.05, 4.69) is 31.4 Å². The smallest absolute Gasteiger partial charge is 0.251 e. The van der Waals surface area contributed by atoms with Crippen LogP contribution in [0.1, 0.15) is 43.1 Å². The van der Waals surface area contributed by atoms with Gasteiger partial charge in [-0.3, -0.25) is 9.59 Å². The van der Waals surface area contributed by atoms with E-state index in [0.29, 0.717) is 18.5 Å². The molecule has 1 heterocycles. The predicted octanol–water partition coefficient (Wildman–Crippen LogP) is 1.26. The van der Waals surface area contributed by atoms with E-state index in [0.717, 1.165) is 5.56 Å². The molecule has 1 aromatic carbocycles. The monoisotopic (exact) mass is 366 g/mol.